The molecule has 1 aliphatic heterocycles. The van der Waals surface area contributed by atoms with Gasteiger partial charge in [0.05, 0.1) is 30.9 Å². The maximum absolute atomic E-state index is 13.3. The number of nitrogens with one attached hydrogen (secondary N) is 1. The lowest BCUT2D eigenvalue weighted by Gasteiger charge is -2.31. The second kappa shape index (κ2) is 9.94. The van der Waals surface area contributed by atoms with Gasteiger partial charge in [0.2, 0.25) is 5.75 Å². The van der Waals surface area contributed by atoms with Crippen LogP contribution in [0, 0.1) is 0 Å². The maximum Gasteiger partial charge on any atom is 0.254 e. The Balaban J connectivity index is 1.50. The van der Waals surface area contributed by atoms with E-state index < -0.39 is 0 Å². The summed E-state index contributed by atoms with van der Waals surface area (Å²) >= 11 is 0. The molecule has 1 saturated heterocycles. The van der Waals surface area contributed by atoms with E-state index in [9.17, 15) is 4.79 Å². The van der Waals surface area contributed by atoms with Crippen LogP contribution in [-0.4, -0.2) is 53.7 Å². The third-order valence-electron chi connectivity index (χ3n) is 5.73. The number of aromatic nitrogens is 2. The number of carbonyl (C=O) groups is 1. The molecular formula is C25H31N3O4. The molecule has 1 aliphatic rings. The fraction of sp³-hybridized carbons (Fsp3) is 0.440. The highest BCUT2D eigenvalue weighted by molar-refractivity contribution is 5.95. The van der Waals surface area contributed by atoms with Crippen molar-refractivity contribution >= 4 is 16.9 Å². The molecule has 0 unspecified atom stereocenters. The summed E-state index contributed by atoms with van der Waals surface area (Å²) in [7, 11) is 0. The van der Waals surface area contributed by atoms with E-state index in [1.807, 2.05) is 49.9 Å². The van der Waals surface area contributed by atoms with Crippen LogP contribution in [0.15, 0.2) is 36.4 Å². The smallest absolute Gasteiger partial charge is 0.254 e. The van der Waals surface area contributed by atoms with Crippen LogP contribution >= 0.6 is 0 Å². The third kappa shape index (κ3) is 4.52. The highest BCUT2D eigenvalue weighted by Crippen LogP contribution is 2.40. The van der Waals surface area contributed by atoms with Gasteiger partial charge in [-0.15, -0.1) is 0 Å². The van der Waals surface area contributed by atoms with Gasteiger partial charge in [-0.3, -0.25) is 4.79 Å². The SMILES string of the molecule is CCOc1cc(C(=O)N2CCC(c3nc4ccccc4[nH]3)CC2)cc(OCC)c1OCC. The number of amides is 1. The number of nitrogens with zero attached hydrogens (tertiary/aromatic N) is 2. The largest absolute Gasteiger partial charge is 0.490 e. The van der Waals surface area contributed by atoms with E-state index in [1.54, 1.807) is 12.1 Å². The average molecular weight is 438 g/mol. The number of para-hydroxylation sites is 2. The van der Waals surface area contributed by atoms with Gasteiger partial charge in [-0.25, -0.2) is 4.98 Å². The number of aromatic amines is 1. The number of hydrogen-bond donors (Lipinski definition) is 1. The standard InChI is InChI=1S/C25H31N3O4/c1-4-30-21-15-18(16-22(31-5-2)23(21)32-6-3)25(29)28-13-11-17(12-14-28)24-26-19-9-7-8-10-20(19)27-24/h7-10,15-17H,4-6,11-14H2,1-3H3,(H,26,27). The number of rotatable bonds is 8. The first-order chi connectivity index (χ1) is 15.6. The van der Waals surface area contributed by atoms with Crippen LogP contribution in [0.5, 0.6) is 17.2 Å². The predicted octanol–water partition coefficient (Wildman–Crippen LogP) is 4.78. The first kappa shape index (κ1) is 22.0. The summed E-state index contributed by atoms with van der Waals surface area (Å²) in [5, 5.41) is 0. The Morgan fingerprint density at radius 3 is 2.22 bits per heavy atom. The Bertz CT molecular complexity index is 1010. The van der Waals surface area contributed by atoms with Crippen LogP contribution in [0.1, 0.15) is 55.7 Å². The summed E-state index contributed by atoms with van der Waals surface area (Å²) < 4.78 is 17.3. The molecule has 0 saturated carbocycles. The van der Waals surface area contributed by atoms with Gasteiger partial charge in [0.25, 0.3) is 5.91 Å². The quantitative estimate of drug-likeness (QED) is 0.549. The molecule has 2 heterocycles. The molecule has 7 heteroatoms. The Kier molecular flexibility index (Phi) is 6.83. The van der Waals surface area contributed by atoms with Crippen LogP contribution in [0.25, 0.3) is 11.0 Å². The second-order valence-electron chi connectivity index (χ2n) is 7.81. The van der Waals surface area contributed by atoms with Crippen LogP contribution in [0.2, 0.25) is 0 Å². The van der Waals surface area contributed by atoms with Crippen molar-refractivity contribution in [3.63, 3.8) is 0 Å². The first-order valence-corrected chi connectivity index (χ1v) is 11.4. The Morgan fingerprint density at radius 2 is 1.62 bits per heavy atom. The van der Waals surface area contributed by atoms with E-state index in [-0.39, 0.29) is 5.91 Å². The van der Waals surface area contributed by atoms with Crippen LogP contribution in [0.3, 0.4) is 0 Å². The average Bonchev–Trinajstić information content (AvgIpc) is 3.25. The summed E-state index contributed by atoms with van der Waals surface area (Å²) in [6.07, 6.45) is 1.75. The Morgan fingerprint density at radius 1 is 1.00 bits per heavy atom. The molecule has 3 aromatic rings. The molecule has 1 aromatic heterocycles. The molecule has 4 rings (SSSR count). The molecule has 1 N–H and O–H groups in total. The molecule has 0 bridgehead atoms. The van der Waals surface area contributed by atoms with Crippen molar-refractivity contribution in [3.05, 3.63) is 47.8 Å². The minimum atomic E-state index is -0.0157. The summed E-state index contributed by atoms with van der Waals surface area (Å²) in [4.78, 5) is 23.4. The zero-order chi connectivity index (χ0) is 22.5. The summed E-state index contributed by atoms with van der Waals surface area (Å²) in [5.74, 6) is 2.96. The van der Waals surface area contributed by atoms with Crippen LogP contribution in [-0.2, 0) is 0 Å². The van der Waals surface area contributed by atoms with Crippen LogP contribution in [0.4, 0.5) is 0 Å². The van der Waals surface area contributed by atoms with Gasteiger partial charge >= 0.3 is 0 Å². The first-order valence-electron chi connectivity index (χ1n) is 11.4. The number of ether oxygens (including phenoxy) is 3. The van der Waals surface area contributed by atoms with E-state index in [0.717, 1.165) is 29.7 Å². The van der Waals surface area contributed by atoms with Crippen molar-refractivity contribution < 1.29 is 19.0 Å². The van der Waals surface area contributed by atoms with Crippen LogP contribution < -0.4 is 14.2 Å². The number of benzene rings is 2. The maximum atomic E-state index is 13.3. The molecular weight excluding hydrogens is 406 g/mol. The Hall–Kier alpha value is -3.22. The number of imidazole rings is 1. The van der Waals surface area contributed by atoms with Gasteiger partial charge in [-0.2, -0.15) is 0 Å². The number of H-pyrrole nitrogens is 1. The molecule has 0 aliphatic carbocycles. The van der Waals surface area contributed by atoms with Crippen molar-refractivity contribution in [2.24, 2.45) is 0 Å². The van der Waals surface area contributed by atoms with Crippen molar-refractivity contribution in [2.45, 2.75) is 39.5 Å². The Labute approximate surface area is 188 Å². The van der Waals surface area contributed by atoms with Gasteiger partial charge in [-0.1, -0.05) is 12.1 Å². The van der Waals surface area contributed by atoms with E-state index in [2.05, 4.69) is 4.98 Å². The summed E-state index contributed by atoms with van der Waals surface area (Å²) in [5.41, 5.74) is 2.60. The van der Waals surface area contributed by atoms with Gasteiger partial charge < -0.3 is 24.1 Å². The molecule has 32 heavy (non-hydrogen) atoms. The molecule has 1 amide bonds. The van der Waals surface area contributed by atoms with Crippen molar-refractivity contribution in [1.29, 1.82) is 0 Å². The number of piperidine rings is 1. The number of hydrogen-bond acceptors (Lipinski definition) is 5. The molecule has 0 atom stereocenters. The number of fused-ring (bicyclic) bond motifs is 1. The molecule has 0 spiro atoms. The fourth-order valence-corrected chi connectivity index (χ4v) is 4.22. The number of carbonyl (C=O) groups excluding carboxylic acids is 1. The lowest BCUT2D eigenvalue weighted by molar-refractivity contribution is 0.0710. The lowest BCUT2D eigenvalue weighted by atomic mass is 9.95. The van der Waals surface area contributed by atoms with E-state index in [0.29, 0.717) is 61.6 Å². The summed E-state index contributed by atoms with van der Waals surface area (Å²) in [6.45, 7) is 8.54. The summed E-state index contributed by atoms with van der Waals surface area (Å²) in [6, 6.07) is 11.6. The highest BCUT2D eigenvalue weighted by atomic mass is 16.5. The fourth-order valence-electron chi connectivity index (χ4n) is 4.22. The van der Waals surface area contributed by atoms with E-state index in [1.165, 1.54) is 0 Å². The van der Waals surface area contributed by atoms with Gasteiger partial charge in [0, 0.05) is 24.6 Å². The normalized spacial score (nSPS) is 14.5. The topological polar surface area (TPSA) is 76.7 Å². The monoisotopic (exact) mass is 437 g/mol. The molecule has 7 nitrogen and oxygen atoms in total. The minimum Gasteiger partial charge on any atom is -0.490 e. The molecule has 1 fully saturated rings. The zero-order valence-electron chi connectivity index (χ0n) is 19.0. The van der Waals surface area contributed by atoms with Gasteiger partial charge in [0.15, 0.2) is 11.5 Å². The van der Waals surface area contributed by atoms with Crippen molar-refractivity contribution in [2.75, 3.05) is 32.9 Å². The highest BCUT2D eigenvalue weighted by Gasteiger charge is 2.28. The van der Waals surface area contributed by atoms with Gasteiger partial charge in [0.1, 0.15) is 5.82 Å². The zero-order valence-corrected chi connectivity index (χ0v) is 19.0. The van der Waals surface area contributed by atoms with E-state index in [4.69, 9.17) is 19.2 Å². The molecule has 170 valence electrons. The van der Waals surface area contributed by atoms with Gasteiger partial charge in [-0.05, 0) is 57.9 Å². The van der Waals surface area contributed by atoms with Crippen molar-refractivity contribution in [1.82, 2.24) is 14.9 Å². The minimum absolute atomic E-state index is 0.0157. The van der Waals surface area contributed by atoms with E-state index >= 15 is 0 Å². The third-order valence-corrected chi connectivity index (χ3v) is 5.73. The second-order valence-corrected chi connectivity index (χ2v) is 7.81. The van der Waals surface area contributed by atoms with Crippen molar-refractivity contribution in [3.8, 4) is 17.2 Å². The predicted molar refractivity (Wildman–Crippen MR) is 124 cm³/mol. The number of likely N-dealkylation sites (tertiary alicyclic amines) is 1. The molecule has 2 aromatic carbocycles. The molecule has 0 radical (unpaired) electrons. The lowest BCUT2D eigenvalue weighted by Crippen LogP contribution is -2.38.